The van der Waals surface area contributed by atoms with Crippen molar-refractivity contribution in [1.82, 2.24) is 0 Å². The minimum Gasteiger partial charge on any atom is -0.363 e. The summed E-state index contributed by atoms with van der Waals surface area (Å²) < 4.78 is 6.65. The molecular weight excluding hydrogens is 347 g/mol. The third-order valence-electron chi connectivity index (χ3n) is 4.03. The smallest absolute Gasteiger partial charge is 0.0987 e. The molecular formula is C17H13IO. The monoisotopic (exact) mass is 360 g/mol. The zero-order valence-electron chi connectivity index (χ0n) is 10.4. The summed E-state index contributed by atoms with van der Waals surface area (Å²) in [4.78, 5) is 0. The van der Waals surface area contributed by atoms with E-state index in [0.29, 0.717) is 0 Å². The van der Waals surface area contributed by atoms with Gasteiger partial charge in [0.15, 0.2) is 0 Å². The van der Waals surface area contributed by atoms with Gasteiger partial charge in [0, 0.05) is 6.42 Å². The van der Waals surface area contributed by atoms with Crippen LogP contribution in [0.4, 0.5) is 0 Å². The van der Waals surface area contributed by atoms with Crippen molar-refractivity contribution >= 4 is 44.1 Å². The minimum atomic E-state index is 0.224. The van der Waals surface area contributed by atoms with Gasteiger partial charge in [-0.15, -0.1) is 0 Å². The zero-order chi connectivity index (χ0) is 12.8. The first-order valence-electron chi connectivity index (χ1n) is 6.49. The first-order chi connectivity index (χ1) is 9.38. The van der Waals surface area contributed by atoms with Crippen LogP contribution in [0, 0.1) is 0 Å². The molecule has 19 heavy (non-hydrogen) atoms. The number of hydrogen-bond donors (Lipinski definition) is 0. The Labute approximate surface area is 125 Å². The second-order valence-corrected chi connectivity index (χ2v) is 5.61. The van der Waals surface area contributed by atoms with E-state index in [1.807, 2.05) is 0 Å². The predicted octanol–water partition coefficient (Wildman–Crippen LogP) is 5.00. The van der Waals surface area contributed by atoms with E-state index < -0.39 is 0 Å². The molecule has 3 aromatic rings. The van der Waals surface area contributed by atoms with Gasteiger partial charge in [-0.05, 0) is 38.7 Å². The highest BCUT2D eigenvalue weighted by Crippen LogP contribution is 2.42. The average molecular weight is 360 g/mol. The molecule has 0 N–H and O–H groups in total. The molecule has 0 aliphatic heterocycles. The van der Waals surface area contributed by atoms with Crippen LogP contribution < -0.4 is 0 Å². The maximum atomic E-state index is 5.91. The topological polar surface area (TPSA) is 9.23 Å². The predicted molar refractivity (Wildman–Crippen MR) is 87.9 cm³/mol. The van der Waals surface area contributed by atoms with Gasteiger partial charge in [-0.3, -0.25) is 0 Å². The van der Waals surface area contributed by atoms with Crippen LogP contribution in [-0.4, -0.2) is 4.61 Å². The molecule has 0 radical (unpaired) electrons. The van der Waals surface area contributed by atoms with Crippen LogP contribution >= 0.6 is 22.6 Å². The summed E-state index contributed by atoms with van der Waals surface area (Å²) in [5, 5.41) is 5.46. The highest BCUT2D eigenvalue weighted by Gasteiger charge is 2.26. The van der Waals surface area contributed by atoms with E-state index in [1.165, 1.54) is 32.7 Å². The summed E-state index contributed by atoms with van der Waals surface area (Å²) in [6, 6.07) is 17.5. The van der Waals surface area contributed by atoms with Gasteiger partial charge < -0.3 is 4.74 Å². The highest BCUT2D eigenvalue weighted by atomic mass is 127. The second kappa shape index (κ2) is 4.46. The fourth-order valence-electron chi connectivity index (χ4n) is 3.26. The van der Waals surface area contributed by atoms with Gasteiger partial charge in [0.25, 0.3) is 0 Å². The van der Waals surface area contributed by atoms with Crippen LogP contribution in [-0.2, 0) is 11.2 Å². The van der Waals surface area contributed by atoms with E-state index in [2.05, 4.69) is 71.1 Å². The molecule has 1 unspecified atom stereocenters. The number of fused-ring (bicyclic) bond motifs is 2. The Balaban J connectivity index is 2.10. The van der Waals surface area contributed by atoms with Crippen LogP contribution in [0.2, 0.25) is 0 Å². The van der Waals surface area contributed by atoms with Gasteiger partial charge in [-0.2, -0.15) is 0 Å². The van der Waals surface area contributed by atoms with Crippen molar-refractivity contribution in [2.45, 2.75) is 12.5 Å². The summed E-state index contributed by atoms with van der Waals surface area (Å²) in [5.74, 6) is 0. The summed E-state index contributed by atoms with van der Waals surface area (Å²) in [6.07, 6.45) is 1.22. The van der Waals surface area contributed by atoms with Gasteiger partial charge in [-0.1, -0.05) is 65.1 Å². The quantitative estimate of drug-likeness (QED) is 0.355. The number of hydrogen-bond acceptors (Lipinski definition) is 1. The number of halogens is 1. The van der Waals surface area contributed by atoms with Gasteiger partial charge in [-0.25, -0.2) is 0 Å². The fourth-order valence-corrected chi connectivity index (χ4v) is 3.69. The second-order valence-electron chi connectivity index (χ2n) is 4.99. The summed E-state index contributed by atoms with van der Waals surface area (Å²) in [7, 11) is 0. The van der Waals surface area contributed by atoms with Crippen LogP contribution in [0.25, 0.3) is 21.5 Å². The zero-order valence-corrected chi connectivity index (χ0v) is 12.6. The molecule has 1 aliphatic carbocycles. The van der Waals surface area contributed by atoms with Crippen molar-refractivity contribution in [2.24, 2.45) is 0 Å². The number of ether oxygens (including phenoxy) is 1. The minimum absolute atomic E-state index is 0.224. The van der Waals surface area contributed by atoms with E-state index in [1.54, 1.807) is 0 Å². The third kappa shape index (κ3) is 1.70. The van der Waals surface area contributed by atoms with Gasteiger partial charge >= 0.3 is 0 Å². The van der Waals surface area contributed by atoms with Gasteiger partial charge in [0.05, 0.1) is 10.7 Å². The Kier molecular flexibility index (Phi) is 2.74. The first-order valence-corrected chi connectivity index (χ1v) is 8.02. The molecule has 0 heterocycles. The number of alkyl halides is 1. The molecule has 0 amide bonds. The molecule has 0 saturated carbocycles. The van der Waals surface area contributed by atoms with Crippen molar-refractivity contribution in [3.63, 3.8) is 0 Å². The van der Waals surface area contributed by atoms with E-state index >= 15 is 0 Å². The average Bonchev–Trinajstić information content (AvgIpc) is 2.81. The van der Waals surface area contributed by atoms with E-state index in [0.717, 1.165) is 11.0 Å². The lowest BCUT2D eigenvalue weighted by Crippen LogP contribution is -2.00. The van der Waals surface area contributed by atoms with Crippen LogP contribution in [0.15, 0.2) is 48.5 Å². The molecule has 0 spiro atoms. The molecule has 0 saturated heterocycles. The lowest BCUT2D eigenvalue weighted by Gasteiger charge is -2.10. The standard InChI is InChI=1S/C17H13IO/c18-10-19-16-9-15-13-6-2-1-4-11(13)8-12-5-3-7-14(16)17(12)15/h1-8,16H,9-10H2. The molecule has 1 atom stereocenters. The Bertz CT molecular complexity index is 779. The lowest BCUT2D eigenvalue weighted by atomic mass is 9.98. The van der Waals surface area contributed by atoms with E-state index in [-0.39, 0.29) is 6.10 Å². The van der Waals surface area contributed by atoms with Crippen LogP contribution in [0.1, 0.15) is 17.2 Å². The molecule has 0 aromatic heterocycles. The largest absolute Gasteiger partial charge is 0.363 e. The van der Waals surface area contributed by atoms with E-state index in [4.69, 9.17) is 4.74 Å². The number of rotatable bonds is 2. The normalized spacial score (nSPS) is 17.4. The molecule has 94 valence electrons. The maximum Gasteiger partial charge on any atom is 0.0987 e. The van der Waals surface area contributed by atoms with Crippen LogP contribution in [0.5, 0.6) is 0 Å². The van der Waals surface area contributed by atoms with Crippen molar-refractivity contribution in [1.29, 1.82) is 0 Å². The first kappa shape index (κ1) is 11.7. The summed E-state index contributed by atoms with van der Waals surface area (Å²) in [6.45, 7) is 0. The Morgan fingerprint density at radius 3 is 2.79 bits per heavy atom. The molecule has 0 bridgehead atoms. The highest BCUT2D eigenvalue weighted by molar-refractivity contribution is 14.1. The molecule has 4 rings (SSSR count). The van der Waals surface area contributed by atoms with Crippen molar-refractivity contribution in [2.75, 3.05) is 4.61 Å². The molecule has 3 aromatic carbocycles. The molecule has 1 aliphatic rings. The maximum absolute atomic E-state index is 5.91. The van der Waals surface area contributed by atoms with Crippen molar-refractivity contribution in [3.05, 3.63) is 59.7 Å². The molecule has 2 heteroatoms. The van der Waals surface area contributed by atoms with Gasteiger partial charge in [0.1, 0.15) is 0 Å². The molecule has 1 nitrogen and oxygen atoms in total. The van der Waals surface area contributed by atoms with E-state index in [9.17, 15) is 0 Å². The van der Waals surface area contributed by atoms with Crippen molar-refractivity contribution in [3.8, 4) is 0 Å². The van der Waals surface area contributed by atoms with Crippen LogP contribution in [0.3, 0.4) is 0 Å². The van der Waals surface area contributed by atoms with Crippen molar-refractivity contribution < 1.29 is 4.74 Å². The summed E-state index contributed by atoms with van der Waals surface area (Å²) in [5.41, 5.74) is 2.81. The van der Waals surface area contributed by atoms with Gasteiger partial charge in [0.2, 0.25) is 0 Å². The Morgan fingerprint density at radius 2 is 1.89 bits per heavy atom. The number of benzene rings is 3. The SMILES string of the molecule is ICOC1Cc2c3ccccc3cc3cccc1c23. The summed E-state index contributed by atoms with van der Waals surface area (Å²) >= 11 is 2.28. The lowest BCUT2D eigenvalue weighted by molar-refractivity contribution is 0.103. The Morgan fingerprint density at radius 1 is 1.05 bits per heavy atom. The Hall–Kier alpha value is -1.13. The fraction of sp³-hybridized carbons (Fsp3) is 0.176. The third-order valence-corrected chi connectivity index (χ3v) is 4.39. The molecule has 0 fully saturated rings.